The second-order valence-corrected chi connectivity index (χ2v) is 8.56. The first-order valence-corrected chi connectivity index (χ1v) is 10.2. The normalized spacial score (nSPS) is 24.1. The van der Waals surface area contributed by atoms with E-state index in [1.165, 1.54) is 16.7 Å². The van der Waals surface area contributed by atoms with E-state index in [1.54, 1.807) is 0 Å². The molecule has 3 aliphatic rings. The molecule has 1 unspecified atom stereocenters. The molecule has 0 amide bonds. The van der Waals surface area contributed by atoms with Crippen molar-refractivity contribution in [2.24, 2.45) is 11.8 Å². The summed E-state index contributed by atoms with van der Waals surface area (Å²) >= 11 is 0. The van der Waals surface area contributed by atoms with Crippen LogP contribution in [0.4, 0.5) is 0 Å². The fourth-order valence-corrected chi connectivity index (χ4v) is 4.58. The molecule has 4 nitrogen and oxygen atoms in total. The largest absolute Gasteiger partial charge is 0.497 e. The molecular formula is C23H30O4. The van der Waals surface area contributed by atoms with Gasteiger partial charge >= 0.3 is 0 Å². The number of carbonyl (C=O) groups excluding carboxylic acids is 1. The van der Waals surface area contributed by atoms with Crippen LogP contribution < -0.4 is 0 Å². The predicted molar refractivity (Wildman–Crippen MR) is 103 cm³/mol. The molecule has 1 aliphatic heterocycles. The summed E-state index contributed by atoms with van der Waals surface area (Å²) in [5.41, 5.74) is 4.82. The van der Waals surface area contributed by atoms with Crippen LogP contribution >= 0.6 is 0 Å². The molecule has 1 saturated heterocycles. The Morgan fingerprint density at radius 2 is 2.04 bits per heavy atom. The van der Waals surface area contributed by atoms with Crippen LogP contribution in [0.25, 0.3) is 0 Å². The van der Waals surface area contributed by atoms with Crippen LogP contribution in [0.3, 0.4) is 0 Å². The molecule has 0 bridgehead atoms. The topological polar surface area (TPSA) is 44.8 Å². The first kappa shape index (κ1) is 18.7. The van der Waals surface area contributed by atoms with Crippen molar-refractivity contribution in [2.45, 2.75) is 58.7 Å². The summed E-state index contributed by atoms with van der Waals surface area (Å²) in [4.78, 5) is 12.8. The molecule has 4 rings (SSSR count). The first-order chi connectivity index (χ1) is 13.0. The average molecular weight is 370 g/mol. The van der Waals surface area contributed by atoms with Gasteiger partial charge in [0.1, 0.15) is 5.76 Å². The van der Waals surface area contributed by atoms with Crippen LogP contribution in [0.1, 0.15) is 50.3 Å². The van der Waals surface area contributed by atoms with Gasteiger partial charge in [-0.3, -0.25) is 4.79 Å². The van der Waals surface area contributed by atoms with Crippen LogP contribution in [0, 0.1) is 11.8 Å². The zero-order valence-corrected chi connectivity index (χ0v) is 16.7. The smallest absolute Gasteiger partial charge is 0.172 e. The summed E-state index contributed by atoms with van der Waals surface area (Å²) < 4.78 is 17.7. The minimum atomic E-state index is -0.412. The number of benzene rings is 1. The van der Waals surface area contributed by atoms with E-state index in [0.29, 0.717) is 25.7 Å². The first-order valence-electron chi connectivity index (χ1n) is 10.2. The Morgan fingerprint density at radius 1 is 1.26 bits per heavy atom. The van der Waals surface area contributed by atoms with Gasteiger partial charge in [-0.1, -0.05) is 32.0 Å². The maximum absolute atomic E-state index is 12.8. The van der Waals surface area contributed by atoms with Crippen molar-refractivity contribution in [1.29, 1.82) is 0 Å². The minimum absolute atomic E-state index is 0.00790. The minimum Gasteiger partial charge on any atom is -0.497 e. The second-order valence-electron chi connectivity index (χ2n) is 8.56. The van der Waals surface area contributed by atoms with Crippen molar-refractivity contribution in [1.82, 2.24) is 0 Å². The highest BCUT2D eigenvalue weighted by Crippen LogP contribution is 2.38. The van der Waals surface area contributed by atoms with E-state index in [2.05, 4.69) is 32.0 Å². The van der Waals surface area contributed by atoms with E-state index in [1.807, 2.05) is 6.92 Å². The number of hydrogen-bond acceptors (Lipinski definition) is 4. The van der Waals surface area contributed by atoms with Gasteiger partial charge in [-0.2, -0.15) is 0 Å². The molecule has 2 aliphatic carbocycles. The zero-order valence-electron chi connectivity index (χ0n) is 16.7. The third-order valence-electron chi connectivity index (χ3n) is 6.05. The number of allylic oxidation sites excluding steroid dienone is 2. The highest BCUT2D eigenvalue weighted by molar-refractivity contribution is 5.99. The number of fused-ring (bicyclic) bond motifs is 1. The van der Waals surface area contributed by atoms with E-state index < -0.39 is 5.79 Å². The van der Waals surface area contributed by atoms with Crippen molar-refractivity contribution in [3.63, 3.8) is 0 Å². The Labute approximate surface area is 161 Å². The van der Waals surface area contributed by atoms with Crippen LogP contribution in [0.15, 0.2) is 29.5 Å². The van der Waals surface area contributed by atoms with Crippen LogP contribution in [0.2, 0.25) is 0 Å². The SMILES string of the molecule is CC1=C(OCC(C)C)CC(Cc2cccc3c2CCC2(C3)OCCO2)C1=O. The monoisotopic (exact) mass is 370 g/mol. The third-order valence-corrected chi connectivity index (χ3v) is 6.05. The van der Waals surface area contributed by atoms with Gasteiger partial charge in [-0.05, 0) is 42.4 Å². The summed E-state index contributed by atoms with van der Waals surface area (Å²) in [5, 5.41) is 0. The lowest BCUT2D eigenvalue weighted by atomic mass is 9.82. The standard InChI is InChI=1S/C23H30O4/c1-15(2)14-25-21-12-19(22(24)16(21)3)11-17-5-4-6-18-13-23(8-7-20(17)18)26-9-10-27-23/h4-6,15,19H,7-14H2,1-3H3. The van der Waals surface area contributed by atoms with E-state index in [4.69, 9.17) is 14.2 Å². The number of hydrogen-bond donors (Lipinski definition) is 0. The van der Waals surface area contributed by atoms with E-state index in [9.17, 15) is 4.79 Å². The molecule has 4 heteroatoms. The molecule has 1 spiro atoms. The average Bonchev–Trinajstić information content (AvgIpc) is 3.20. The van der Waals surface area contributed by atoms with Gasteiger partial charge in [0.05, 0.1) is 19.8 Å². The predicted octanol–water partition coefficient (Wildman–Crippen LogP) is 4.00. The molecule has 146 valence electrons. The van der Waals surface area contributed by atoms with Crippen molar-refractivity contribution < 1.29 is 19.0 Å². The maximum atomic E-state index is 12.8. The Bertz CT molecular complexity index is 756. The number of carbonyl (C=O) groups is 1. The summed E-state index contributed by atoms with van der Waals surface area (Å²) in [6, 6.07) is 6.47. The molecule has 0 N–H and O–H groups in total. The second kappa shape index (κ2) is 7.40. The van der Waals surface area contributed by atoms with Crippen molar-refractivity contribution in [3.05, 3.63) is 46.2 Å². The summed E-state index contributed by atoms with van der Waals surface area (Å²) in [6.07, 6.45) is 4.19. The molecule has 0 aromatic heterocycles. The molecular weight excluding hydrogens is 340 g/mol. The van der Waals surface area contributed by atoms with Crippen LogP contribution in [0.5, 0.6) is 0 Å². The number of Topliss-reactive ketones (excluding diaryl/α,β-unsaturated/α-hetero) is 1. The highest BCUT2D eigenvalue weighted by atomic mass is 16.7. The van der Waals surface area contributed by atoms with Crippen molar-refractivity contribution in [2.75, 3.05) is 19.8 Å². The Hall–Kier alpha value is -1.65. The lowest BCUT2D eigenvalue weighted by molar-refractivity contribution is -0.163. The zero-order chi connectivity index (χ0) is 19.0. The van der Waals surface area contributed by atoms with Crippen LogP contribution in [-0.4, -0.2) is 31.4 Å². The van der Waals surface area contributed by atoms with Crippen molar-refractivity contribution >= 4 is 5.78 Å². The van der Waals surface area contributed by atoms with Gasteiger partial charge in [0.25, 0.3) is 0 Å². The van der Waals surface area contributed by atoms with Crippen molar-refractivity contribution in [3.8, 4) is 0 Å². The molecule has 1 heterocycles. The van der Waals surface area contributed by atoms with Gasteiger partial charge in [0.15, 0.2) is 11.6 Å². The molecule has 1 fully saturated rings. The van der Waals surface area contributed by atoms with Gasteiger partial charge in [0.2, 0.25) is 0 Å². The molecule has 1 aromatic carbocycles. The van der Waals surface area contributed by atoms with Gasteiger partial charge in [-0.25, -0.2) is 0 Å². The summed E-state index contributed by atoms with van der Waals surface area (Å²) in [6.45, 7) is 8.23. The molecule has 1 aromatic rings. The van der Waals surface area contributed by atoms with E-state index in [-0.39, 0.29) is 11.7 Å². The number of ether oxygens (including phenoxy) is 3. The third kappa shape index (κ3) is 3.70. The highest BCUT2D eigenvalue weighted by Gasteiger charge is 2.40. The maximum Gasteiger partial charge on any atom is 0.172 e. The molecule has 1 atom stereocenters. The lowest BCUT2D eigenvalue weighted by Crippen LogP contribution is -2.37. The molecule has 0 radical (unpaired) electrons. The Morgan fingerprint density at radius 3 is 2.78 bits per heavy atom. The Balaban J connectivity index is 1.48. The summed E-state index contributed by atoms with van der Waals surface area (Å²) in [7, 11) is 0. The fourth-order valence-electron chi connectivity index (χ4n) is 4.58. The van der Waals surface area contributed by atoms with E-state index in [0.717, 1.165) is 43.4 Å². The van der Waals surface area contributed by atoms with E-state index >= 15 is 0 Å². The van der Waals surface area contributed by atoms with Gasteiger partial charge < -0.3 is 14.2 Å². The molecule has 0 saturated carbocycles. The van der Waals surface area contributed by atoms with Gasteiger partial charge in [-0.15, -0.1) is 0 Å². The number of rotatable bonds is 5. The summed E-state index contributed by atoms with van der Waals surface area (Å²) in [5.74, 6) is 1.21. The molecule has 27 heavy (non-hydrogen) atoms. The Kier molecular flexibility index (Phi) is 5.13. The van der Waals surface area contributed by atoms with Crippen LogP contribution in [-0.2, 0) is 38.3 Å². The lowest BCUT2D eigenvalue weighted by Gasteiger charge is -2.34. The number of ketones is 1. The quantitative estimate of drug-likeness (QED) is 0.786. The fraction of sp³-hybridized carbons (Fsp3) is 0.609. The van der Waals surface area contributed by atoms with Gasteiger partial charge in [0, 0.05) is 30.8 Å².